The molecule has 1 N–H and O–H groups in total. The molecule has 0 saturated carbocycles. The van der Waals surface area contributed by atoms with E-state index in [9.17, 15) is 18.0 Å². The first-order valence-corrected chi connectivity index (χ1v) is 8.21. The summed E-state index contributed by atoms with van der Waals surface area (Å²) in [5.41, 5.74) is 0.0571. The summed E-state index contributed by atoms with van der Waals surface area (Å²) in [7, 11) is 0. The van der Waals surface area contributed by atoms with Gasteiger partial charge in [-0.05, 0) is 36.6 Å². The fourth-order valence-electron chi connectivity index (χ4n) is 1.97. The zero-order chi connectivity index (χ0) is 17.6. The Hall–Kier alpha value is -2.39. The van der Waals surface area contributed by atoms with Gasteiger partial charge in [0.2, 0.25) is 0 Å². The highest BCUT2D eigenvalue weighted by Gasteiger charge is 2.30. The molecule has 6 heteroatoms. The van der Waals surface area contributed by atoms with Gasteiger partial charge in [0, 0.05) is 10.5 Å². The van der Waals surface area contributed by atoms with Crippen LogP contribution in [-0.4, -0.2) is 18.7 Å². The van der Waals surface area contributed by atoms with Gasteiger partial charge in [-0.15, -0.1) is 11.8 Å². The van der Waals surface area contributed by atoms with Crippen molar-refractivity contribution in [1.82, 2.24) is 5.32 Å². The maximum atomic E-state index is 12.6. The molecule has 2 rings (SSSR count). The summed E-state index contributed by atoms with van der Waals surface area (Å²) < 4.78 is 37.8. The normalized spacial score (nSPS) is 10.7. The minimum atomic E-state index is -4.40. The Morgan fingerprint density at radius 2 is 1.92 bits per heavy atom. The molecule has 0 aliphatic heterocycles. The van der Waals surface area contributed by atoms with Crippen LogP contribution in [-0.2, 0) is 6.18 Å². The van der Waals surface area contributed by atoms with Gasteiger partial charge in [-0.25, -0.2) is 0 Å². The number of halogens is 3. The van der Waals surface area contributed by atoms with Gasteiger partial charge in [0.15, 0.2) is 0 Å². The van der Waals surface area contributed by atoms with Gasteiger partial charge in [-0.2, -0.15) is 13.2 Å². The summed E-state index contributed by atoms with van der Waals surface area (Å²) in [5, 5.41) is 2.64. The molecule has 0 spiro atoms. The van der Waals surface area contributed by atoms with E-state index < -0.39 is 11.7 Å². The van der Waals surface area contributed by atoms with Gasteiger partial charge < -0.3 is 5.32 Å². The average Bonchev–Trinajstić information content (AvgIpc) is 2.58. The van der Waals surface area contributed by atoms with Crippen molar-refractivity contribution >= 4 is 17.7 Å². The van der Waals surface area contributed by atoms with E-state index in [0.717, 1.165) is 17.0 Å². The number of alkyl halides is 3. The van der Waals surface area contributed by atoms with Crippen LogP contribution in [0.5, 0.6) is 0 Å². The van der Waals surface area contributed by atoms with E-state index in [1.165, 1.54) is 23.9 Å². The number of thioether (sulfide) groups is 1. The first kappa shape index (κ1) is 18.0. The first-order chi connectivity index (χ1) is 11.4. The molecule has 0 heterocycles. The van der Waals surface area contributed by atoms with Gasteiger partial charge >= 0.3 is 6.18 Å². The molecule has 0 bridgehead atoms. The highest BCUT2D eigenvalue weighted by Crippen LogP contribution is 2.29. The highest BCUT2D eigenvalue weighted by atomic mass is 32.2. The quantitative estimate of drug-likeness (QED) is 0.664. The molecule has 0 radical (unpaired) electrons. The van der Waals surface area contributed by atoms with E-state index in [-0.39, 0.29) is 18.0 Å². The van der Waals surface area contributed by atoms with E-state index in [0.29, 0.717) is 5.56 Å². The Balaban J connectivity index is 2.00. The standard InChI is InChI=1S/C18H14F3NOS/c1-24-16-10-3-2-9-15(16)17(23)22-11-5-7-13-6-4-8-14(12-13)18(19,20)21/h2-4,6,8-10,12H,11H2,1H3,(H,22,23). The van der Waals surface area contributed by atoms with E-state index in [1.54, 1.807) is 12.1 Å². The Morgan fingerprint density at radius 1 is 1.17 bits per heavy atom. The second-order valence-corrected chi connectivity index (χ2v) is 5.61. The van der Waals surface area contributed by atoms with Crippen LogP contribution < -0.4 is 5.32 Å². The van der Waals surface area contributed by atoms with Crippen molar-refractivity contribution in [1.29, 1.82) is 0 Å². The number of carbonyl (C=O) groups excluding carboxylic acids is 1. The third kappa shape index (κ3) is 4.80. The number of hydrogen-bond acceptors (Lipinski definition) is 2. The molecular weight excluding hydrogens is 335 g/mol. The van der Waals surface area contributed by atoms with Crippen LogP contribution in [0, 0.1) is 11.8 Å². The lowest BCUT2D eigenvalue weighted by molar-refractivity contribution is -0.137. The molecule has 124 valence electrons. The first-order valence-electron chi connectivity index (χ1n) is 6.99. The van der Waals surface area contributed by atoms with E-state index in [4.69, 9.17) is 0 Å². The lowest BCUT2D eigenvalue weighted by Crippen LogP contribution is -2.24. The SMILES string of the molecule is CSc1ccccc1C(=O)NCC#Cc1cccc(C(F)(F)F)c1. The Labute approximate surface area is 142 Å². The van der Waals surface area contributed by atoms with Crippen LogP contribution in [0.25, 0.3) is 0 Å². The van der Waals surface area contributed by atoms with Crippen LogP contribution in [0.3, 0.4) is 0 Å². The fraction of sp³-hybridized carbons (Fsp3) is 0.167. The lowest BCUT2D eigenvalue weighted by Gasteiger charge is -2.06. The number of amides is 1. The lowest BCUT2D eigenvalue weighted by atomic mass is 10.1. The number of benzene rings is 2. The molecule has 1 amide bonds. The minimum Gasteiger partial charge on any atom is -0.341 e. The summed E-state index contributed by atoms with van der Waals surface area (Å²) in [6.45, 7) is 0.0534. The smallest absolute Gasteiger partial charge is 0.341 e. The molecule has 2 aromatic rings. The molecule has 0 aliphatic carbocycles. The number of rotatable bonds is 3. The van der Waals surface area contributed by atoms with Crippen LogP contribution >= 0.6 is 11.8 Å². The van der Waals surface area contributed by atoms with Gasteiger partial charge in [0.05, 0.1) is 17.7 Å². The third-order valence-electron chi connectivity index (χ3n) is 3.11. The second-order valence-electron chi connectivity index (χ2n) is 4.76. The summed E-state index contributed by atoms with van der Waals surface area (Å²) in [6, 6.07) is 11.9. The Bertz CT molecular complexity index is 791. The van der Waals surface area contributed by atoms with Crippen LogP contribution in [0.2, 0.25) is 0 Å². The molecule has 0 atom stereocenters. The summed E-state index contributed by atoms with van der Waals surface area (Å²) in [4.78, 5) is 12.9. The molecule has 2 nitrogen and oxygen atoms in total. The zero-order valence-electron chi connectivity index (χ0n) is 12.8. The van der Waals surface area contributed by atoms with Crippen molar-refractivity contribution in [2.45, 2.75) is 11.1 Å². The summed E-state index contributed by atoms with van der Waals surface area (Å²) in [5.74, 6) is 5.02. The van der Waals surface area contributed by atoms with E-state index in [1.807, 2.05) is 18.4 Å². The zero-order valence-corrected chi connectivity index (χ0v) is 13.6. The predicted octanol–water partition coefficient (Wildman–Crippen LogP) is 4.21. The highest BCUT2D eigenvalue weighted by molar-refractivity contribution is 7.98. The third-order valence-corrected chi connectivity index (χ3v) is 3.91. The van der Waals surface area contributed by atoms with E-state index >= 15 is 0 Å². The monoisotopic (exact) mass is 349 g/mol. The van der Waals surface area contributed by atoms with Crippen molar-refractivity contribution in [2.75, 3.05) is 12.8 Å². The molecule has 0 aliphatic rings. The molecule has 0 saturated heterocycles. The average molecular weight is 349 g/mol. The molecule has 0 aromatic heterocycles. The molecule has 0 fully saturated rings. The minimum absolute atomic E-state index is 0.0534. The fourth-order valence-corrected chi connectivity index (χ4v) is 2.57. The Kier molecular flexibility index (Phi) is 5.93. The van der Waals surface area contributed by atoms with Crippen molar-refractivity contribution in [3.63, 3.8) is 0 Å². The van der Waals surface area contributed by atoms with Crippen molar-refractivity contribution in [2.24, 2.45) is 0 Å². The van der Waals surface area contributed by atoms with Crippen molar-refractivity contribution < 1.29 is 18.0 Å². The second kappa shape index (κ2) is 7.93. The van der Waals surface area contributed by atoms with Gasteiger partial charge in [0.25, 0.3) is 5.91 Å². The maximum absolute atomic E-state index is 12.6. The van der Waals surface area contributed by atoms with Gasteiger partial charge in [0.1, 0.15) is 0 Å². The number of nitrogens with one attached hydrogen (secondary N) is 1. The molecule has 0 unspecified atom stereocenters. The summed E-state index contributed by atoms with van der Waals surface area (Å²) >= 11 is 1.46. The van der Waals surface area contributed by atoms with Crippen molar-refractivity contribution in [3.05, 3.63) is 65.2 Å². The number of carbonyl (C=O) groups is 1. The van der Waals surface area contributed by atoms with Gasteiger partial charge in [-0.3, -0.25) is 4.79 Å². The predicted molar refractivity (Wildman–Crippen MR) is 88.9 cm³/mol. The number of hydrogen-bond donors (Lipinski definition) is 1. The van der Waals surface area contributed by atoms with Crippen LogP contribution in [0.15, 0.2) is 53.4 Å². The van der Waals surface area contributed by atoms with Crippen molar-refractivity contribution in [3.8, 4) is 11.8 Å². The summed E-state index contributed by atoms with van der Waals surface area (Å²) in [6.07, 6.45) is -2.52. The topological polar surface area (TPSA) is 29.1 Å². The van der Waals surface area contributed by atoms with Crippen LogP contribution in [0.4, 0.5) is 13.2 Å². The Morgan fingerprint density at radius 3 is 2.62 bits per heavy atom. The molecule has 24 heavy (non-hydrogen) atoms. The maximum Gasteiger partial charge on any atom is 0.416 e. The van der Waals surface area contributed by atoms with Gasteiger partial charge in [-0.1, -0.05) is 30.0 Å². The molecule has 2 aromatic carbocycles. The van der Waals surface area contributed by atoms with E-state index in [2.05, 4.69) is 17.2 Å². The van der Waals surface area contributed by atoms with Crippen LogP contribution in [0.1, 0.15) is 21.5 Å². The largest absolute Gasteiger partial charge is 0.416 e. The molecular formula is C18H14F3NOS.